The maximum Gasteiger partial charge on any atom is 0.277 e. The summed E-state index contributed by atoms with van der Waals surface area (Å²) < 4.78 is 19.6. The summed E-state index contributed by atoms with van der Waals surface area (Å²) >= 11 is 4.70. The number of nitrogens with zero attached hydrogens (tertiary/aromatic N) is 4. The number of aromatic nitrogens is 2. The molecule has 0 N–H and O–H groups in total. The predicted molar refractivity (Wildman–Crippen MR) is 113 cm³/mol. The molecule has 0 aliphatic carbocycles. The third-order valence-corrected chi connectivity index (χ3v) is 6.15. The van der Waals surface area contributed by atoms with E-state index in [0.717, 1.165) is 28.8 Å². The van der Waals surface area contributed by atoms with Crippen LogP contribution in [0.4, 0.5) is 10.1 Å². The van der Waals surface area contributed by atoms with Crippen LogP contribution in [0.1, 0.15) is 0 Å². The molecule has 150 valence electrons. The van der Waals surface area contributed by atoms with E-state index >= 15 is 0 Å². The fraction of sp³-hybridized carbons (Fsp3) is 0.250. The Morgan fingerprint density at radius 2 is 1.79 bits per heavy atom. The van der Waals surface area contributed by atoms with Gasteiger partial charge in [-0.3, -0.25) is 4.79 Å². The van der Waals surface area contributed by atoms with Gasteiger partial charge in [0.1, 0.15) is 5.82 Å². The first-order valence-electron chi connectivity index (χ1n) is 9.09. The van der Waals surface area contributed by atoms with Crippen molar-refractivity contribution in [1.82, 2.24) is 15.1 Å². The van der Waals surface area contributed by atoms with Crippen molar-refractivity contribution in [2.45, 2.75) is 5.22 Å². The third-order valence-electron chi connectivity index (χ3n) is 4.65. The lowest BCUT2D eigenvalue weighted by atomic mass is 10.2. The van der Waals surface area contributed by atoms with Gasteiger partial charge in [0, 0.05) is 36.3 Å². The van der Waals surface area contributed by atoms with E-state index in [4.69, 9.17) is 4.42 Å². The van der Waals surface area contributed by atoms with E-state index in [2.05, 4.69) is 31.0 Å². The number of carbonyl (C=O) groups excluding carboxylic acids is 1. The van der Waals surface area contributed by atoms with Crippen molar-refractivity contribution in [3.63, 3.8) is 0 Å². The van der Waals surface area contributed by atoms with Crippen molar-refractivity contribution in [1.29, 1.82) is 0 Å². The molecule has 1 aliphatic heterocycles. The fourth-order valence-electron chi connectivity index (χ4n) is 3.09. The molecule has 1 fully saturated rings. The van der Waals surface area contributed by atoms with E-state index in [0.29, 0.717) is 24.2 Å². The maximum absolute atomic E-state index is 13.1. The first-order chi connectivity index (χ1) is 14.1. The number of hydrogen-bond acceptors (Lipinski definition) is 6. The zero-order valence-corrected chi connectivity index (χ0v) is 17.8. The van der Waals surface area contributed by atoms with Gasteiger partial charge in [0.05, 0.1) is 11.3 Å². The number of halogens is 2. The molecule has 0 spiro atoms. The Hall–Kier alpha value is -2.39. The Bertz CT molecular complexity index is 990. The molecule has 1 saturated heterocycles. The first kappa shape index (κ1) is 19.9. The molecule has 29 heavy (non-hydrogen) atoms. The second-order valence-corrected chi connectivity index (χ2v) is 8.27. The van der Waals surface area contributed by atoms with Crippen molar-refractivity contribution < 1.29 is 13.6 Å². The highest BCUT2D eigenvalue weighted by Crippen LogP contribution is 2.29. The standard InChI is InChI=1S/C20H18BrFN4O2S/c21-17-4-2-1-3-16(17)19-23-24-20(28-19)29-13-18(27)26-11-9-25(10-12-26)15-7-5-14(22)6-8-15/h1-8H,9-13H2. The van der Waals surface area contributed by atoms with Crippen LogP contribution in [0.15, 0.2) is 62.6 Å². The minimum absolute atomic E-state index is 0.0365. The van der Waals surface area contributed by atoms with Crippen molar-refractivity contribution in [2.75, 3.05) is 36.8 Å². The zero-order valence-electron chi connectivity index (χ0n) is 15.4. The summed E-state index contributed by atoms with van der Waals surface area (Å²) in [6.07, 6.45) is 0. The van der Waals surface area contributed by atoms with E-state index in [1.165, 1.54) is 23.9 Å². The Labute approximate surface area is 180 Å². The Kier molecular flexibility index (Phi) is 6.15. The lowest BCUT2D eigenvalue weighted by Crippen LogP contribution is -2.49. The van der Waals surface area contributed by atoms with E-state index in [-0.39, 0.29) is 17.5 Å². The molecule has 3 aromatic rings. The molecule has 0 radical (unpaired) electrons. The molecule has 1 amide bonds. The van der Waals surface area contributed by atoms with Gasteiger partial charge in [-0.15, -0.1) is 10.2 Å². The lowest BCUT2D eigenvalue weighted by molar-refractivity contribution is -0.128. The summed E-state index contributed by atoms with van der Waals surface area (Å²) in [5, 5.41) is 8.46. The van der Waals surface area contributed by atoms with Crippen LogP contribution in [-0.4, -0.2) is 52.9 Å². The van der Waals surface area contributed by atoms with Crippen molar-refractivity contribution in [3.8, 4) is 11.5 Å². The summed E-state index contributed by atoms with van der Waals surface area (Å²) in [5.74, 6) is 0.451. The van der Waals surface area contributed by atoms with Crippen LogP contribution in [0.3, 0.4) is 0 Å². The highest BCUT2D eigenvalue weighted by molar-refractivity contribution is 9.10. The minimum atomic E-state index is -0.247. The normalized spacial score (nSPS) is 14.3. The molecule has 0 unspecified atom stereocenters. The molecule has 0 atom stereocenters. The first-order valence-corrected chi connectivity index (χ1v) is 10.9. The van der Waals surface area contributed by atoms with Gasteiger partial charge in [0.15, 0.2) is 0 Å². The third kappa shape index (κ3) is 4.79. The van der Waals surface area contributed by atoms with Crippen LogP contribution in [0.2, 0.25) is 0 Å². The molecule has 6 nitrogen and oxygen atoms in total. The monoisotopic (exact) mass is 476 g/mol. The summed E-state index contributed by atoms with van der Waals surface area (Å²) in [6.45, 7) is 2.69. The van der Waals surface area contributed by atoms with Crippen LogP contribution < -0.4 is 4.90 Å². The largest absolute Gasteiger partial charge is 0.411 e. The Morgan fingerprint density at radius 1 is 1.07 bits per heavy atom. The second kappa shape index (κ2) is 8.96. The van der Waals surface area contributed by atoms with Crippen LogP contribution in [-0.2, 0) is 4.79 Å². The van der Waals surface area contributed by atoms with Crippen LogP contribution >= 0.6 is 27.7 Å². The SMILES string of the molecule is O=C(CSc1nnc(-c2ccccc2Br)o1)N1CCN(c2ccc(F)cc2)CC1. The van der Waals surface area contributed by atoms with Crippen LogP contribution in [0, 0.1) is 5.82 Å². The molecule has 9 heteroatoms. The van der Waals surface area contributed by atoms with Crippen molar-refractivity contribution in [2.24, 2.45) is 0 Å². The maximum atomic E-state index is 13.1. The molecular formula is C20H18BrFN4O2S. The average Bonchev–Trinajstić information content (AvgIpc) is 3.22. The summed E-state index contributed by atoms with van der Waals surface area (Å²) in [7, 11) is 0. The molecule has 0 bridgehead atoms. The van der Waals surface area contributed by atoms with Crippen molar-refractivity contribution in [3.05, 3.63) is 58.8 Å². The van der Waals surface area contributed by atoms with Gasteiger partial charge in [-0.05, 0) is 52.3 Å². The van der Waals surface area contributed by atoms with Crippen LogP contribution in [0.5, 0.6) is 0 Å². The Morgan fingerprint density at radius 3 is 2.52 bits per heavy atom. The van der Waals surface area contributed by atoms with Crippen LogP contribution in [0.25, 0.3) is 11.5 Å². The van der Waals surface area contributed by atoms with E-state index in [1.54, 1.807) is 12.1 Å². The highest BCUT2D eigenvalue weighted by atomic mass is 79.9. The second-order valence-electron chi connectivity index (χ2n) is 6.49. The smallest absolute Gasteiger partial charge is 0.277 e. The van der Waals surface area contributed by atoms with Crippen molar-refractivity contribution >= 4 is 39.3 Å². The molecule has 1 aromatic heterocycles. The molecular weight excluding hydrogens is 459 g/mol. The van der Waals surface area contributed by atoms with Gasteiger partial charge < -0.3 is 14.2 Å². The number of anilines is 1. The van der Waals surface area contributed by atoms with Gasteiger partial charge in [-0.1, -0.05) is 23.9 Å². The lowest BCUT2D eigenvalue weighted by Gasteiger charge is -2.36. The topological polar surface area (TPSA) is 62.5 Å². The van der Waals surface area contributed by atoms with Gasteiger partial charge >= 0.3 is 0 Å². The number of amides is 1. The number of piperazine rings is 1. The number of benzene rings is 2. The Balaban J connectivity index is 1.29. The quantitative estimate of drug-likeness (QED) is 0.517. The molecule has 2 heterocycles. The summed E-state index contributed by atoms with van der Waals surface area (Å²) in [4.78, 5) is 16.5. The summed E-state index contributed by atoms with van der Waals surface area (Å²) in [6, 6.07) is 14.0. The van der Waals surface area contributed by atoms with Gasteiger partial charge in [-0.25, -0.2) is 4.39 Å². The van der Waals surface area contributed by atoms with E-state index in [1.807, 2.05) is 29.2 Å². The van der Waals surface area contributed by atoms with Gasteiger partial charge in [0.25, 0.3) is 5.22 Å². The zero-order chi connectivity index (χ0) is 20.2. The molecule has 2 aromatic carbocycles. The predicted octanol–water partition coefficient (Wildman–Crippen LogP) is 4.08. The van der Waals surface area contributed by atoms with Gasteiger partial charge in [0.2, 0.25) is 11.8 Å². The molecule has 4 rings (SSSR count). The average molecular weight is 477 g/mol. The minimum Gasteiger partial charge on any atom is -0.411 e. The molecule has 0 saturated carbocycles. The number of hydrogen-bond donors (Lipinski definition) is 0. The fourth-order valence-corrected chi connectivity index (χ4v) is 4.21. The highest BCUT2D eigenvalue weighted by Gasteiger charge is 2.22. The summed E-state index contributed by atoms with van der Waals surface area (Å²) in [5.41, 5.74) is 1.79. The van der Waals surface area contributed by atoms with Gasteiger partial charge in [-0.2, -0.15) is 0 Å². The van der Waals surface area contributed by atoms with E-state index in [9.17, 15) is 9.18 Å². The number of rotatable bonds is 5. The molecule has 1 aliphatic rings. The number of thioether (sulfide) groups is 1. The van der Waals surface area contributed by atoms with E-state index < -0.39 is 0 Å². The number of carbonyl (C=O) groups is 1.